The average Bonchev–Trinajstić information content (AvgIpc) is 2.98. The van der Waals surface area contributed by atoms with Crippen molar-refractivity contribution < 1.29 is 19.1 Å². The number of ether oxygens (including phenoxy) is 1. The Balaban J connectivity index is 2.76. The van der Waals surface area contributed by atoms with Crippen LogP contribution in [0.5, 0.6) is 0 Å². The van der Waals surface area contributed by atoms with Crippen molar-refractivity contribution in [2.75, 3.05) is 13.7 Å². The van der Waals surface area contributed by atoms with Gasteiger partial charge < -0.3 is 20.7 Å². The first-order valence-electron chi connectivity index (χ1n) is 8.65. The molecule has 0 aliphatic heterocycles. The van der Waals surface area contributed by atoms with Gasteiger partial charge in [0.1, 0.15) is 6.04 Å². The number of carbonyl (C=O) groups is 3. The molecule has 1 aliphatic rings. The molecule has 0 bridgehead atoms. The normalized spacial score (nSPS) is 17.5. The molecule has 1 aliphatic carbocycles. The van der Waals surface area contributed by atoms with Gasteiger partial charge in [0.15, 0.2) is 0 Å². The molecular formula is C17H31N3O4. The van der Waals surface area contributed by atoms with Crippen LogP contribution in [0.3, 0.4) is 0 Å². The van der Waals surface area contributed by atoms with Gasteiger partial charge in [-0.05, 0) is 18.8 Å². The fraction of sp³-hybridized carbons (Fsp3) is 0.824. The van der Waals surface area contributed by atoms with E-state index in [1.54, 1.807) is 0 Å². The molecule has 0 saturated heterocycles. The molecule has 24 heavy (non-hydrogen) atoms. The van der Waals surface area contributed by atoms with E-state index in [9.17, 15) is 14.4 Å². The molecule has 7 heteroatoms. The monoisotopic (exact) mass is 341 g/mol. The van der Waals surface area contributed by atoms with E-state index in [1.165, 1.54) is 7.11 Å². The Hall–Kier alpha value is -1.79. The first-order chi connectivity index (χ1) is 11.2. The Kier molecular flexibility index (Phi) is 7.51. The quantitative estimate of drug-likeness (QED) is 0.655. The summed E-state index contributed by atoms with van der Waals surface area (Å²) in [5.41, 5.74) is -0.438. The highest BCUT2D eigenvalue weighted by Gasteiger charge is 2.38. The van der Waals surface area contributed by atoms with E-state index in [2.05, 4.69) is 20.7 Å². The maximum Gasteiger partial charge on any atom is 0.407 e. The van der Waals surface area contributed by atoms with Gasteiger partial charge in [-0.1, -0.05) is 40.5 Å². The van der Waals surface area contributed by atoms with Crippen LogP contribution < -0.4 is 16.0 Å². The topological polar surface area (TPSA) is 96.5 Å². The number of rotatable bonds is 7. The lowest BCUT2D eigenvalue weighted by Crippen LogP contribution is -2.60. The molecule has 0 aromatic heterocycles. The van der Waals surface area contributed by atoms with Gasteiger partial charge in [0.25, 0.3) is 0 Å². The van der Waals surface area contributed by atoms with Gasteiger partial charge in [-0.3, -0.25) is 9.59 Å². The second-order valence-electron chi connectivity index (χ2n) is 7.21. The zero-order chi connectivity index (χ0) is 18.3. The Morgan fingerprint density at radius 3 is 2.08 bits per heavy atom. The van der Waals surface area contributed by atoms with Crippen molar-refractivity contribution in [3.63, 3.8) is 0 Å². The van der Waals surface area contributed by atoms with Crippen molar-refractivity contribution in [3.05, 3.63) is 0 Å². The fourth-order valence-corrected chi connectivity index (χ4v) is 2.92. The van der Waals surface area contributed by atoms with Crippen LogP contribution in [-0.2, 0) is 14.3 Å². The molecule has 1 rings (SSSR count). The zero-order valence-electron chi connectivity index (χ0n) is 15.4. The summed E-state index contributed by atoms with van der Waals surface area (Å²) in [5, 5.41) is 8.58. The third-order valence-electron chi connectivity index (χ3n) is 4.48. The van der Waals surface area contributed by atoms with Crippen LogP contribution >= 0.6 is 0 Å². The van der Waals surface area contributed by atoms with E-state index in [-0.39, 0.29) is 23.7 Å². The molecule has 1 saturated carbocycles. The van der Waals surface area contributed by atoms with Crippen LogP contribution in [0, 0.1) is 11.8 Å². The number of amides is 3. The van der Waals surface area contributed by atoms with Gasteiger partial charge in [-0.25, -0.2) is 4.79 Å². The smallest absolute Gasteiger partial charge is 0.407 e. The highest BCUT2D eigenvalue weighted by atomic mass is 16.5. The summed E-state index contributed by atoms with van der Waals surface area (Å²) in [6.45, 7) is 7.82. The minimum Gasteiger partial charge on any atom is -0.453 e. The highest BCUT2D eigenvalue weighted by molar-refractivity contribution is 5.86. The lowest BCUT2D eigenvalue weighted by molar-refractivity contribution is -0.127. The molecule has 0 radical (unpaired) electrons. The second-order valence-corrected chi connectivity index (χ2v) is 7.21. The summed E-state index contributed by atoms with van der Waals surface area (Å²) in [4.78, 5) is 36.0. The zero-order valence-corrected chi connectivity index (χ0v) is 15.4. The molecule has 1 atom stereocenters. The maximum absolute atomic E-state index is 12.7. The molecule has 0 aromatic carbocycles. The van der Waals surface area contributed by atoms with Crippen molar-refractivity contribution in [1.29, 1.82) is 0 Å². The van der Waals surface area contributed by atoms with Crippen LogP contribution in [0.4, 0.5) is 4.79 Å². The van der Waals surface area contributed by atoms with Gasteiger partial charge >= 0.3 is 6.09 Å². The molecule has 3 amide bonds. The van der Waals surface area contributed by atoms with E-state index in [0.29, 0.717) is 6.54 Å². The lowest BCUT2D eigenvalue weighted by Gasteiger charge is -2.33. The van der Waals surface area contributed by atoms with E-state index >= 15 is 0 Å². The van der Waals surface area contributed by atoms with Gasteiger partial charge in [0, 0.05) is 12.5 Å². The van der Waals surface area contributed by atoms with E-state index in [0.717, 1.165) is 25.7 Å². The number of nitrogens with one attached hydrogen (secondary N) is 3. The van der Waals surface area contributed by atoms with Crippen molar-refractivity contribution in [1.82, 2.24) is 16.0 Å². The largest absolute Gasteiger partial charge is 0.453 e. The van der Waals surface area contributed by atoms with E-state index in [4.69, 9.17) is 0 Å². The van der Waals surface area contributed by atoms with Crippen molar-refractivity contribution in [3.8, 4) is 0 Å². The van der Waals surface area contributed by atoms with Gasteiger partial charge in [0.05, 0.1) is 12.6 Å². The third kappa shape index (κ3) is 5.69. The predicted molar refractivity (Wildman–Crippen MR) is 91.4 cm³/mol. The lowest BCUT2D eigenvalue weighted by atomic mass is 9.94. The number of methoxy groups -OCH3 is 1. The first kappa shape index (κ1) is 20.3. The summed E-state index contributed by atoms with van der Waals surface area (Å²) < 4.78 is 4.59. The Labute approximate surface area is 144 Å². The third-order valence-corrected chi connectivity index (χ3v) is 4.48. The van der Waals surface area contributed by atoms with Crippen LogP contribution in [0.15, 0.2) is 0 Å². The summed E-state index contributed by atoms with van der Waals surface area (Å²) in [5.74, 6) is -0.434. The summed E-state index contributed by atoms with van der Waals surface area (Å²) in [7, 11) is 1.27. The standard InChI is InChI=1S/C17H31N3O4/c1-11(2)13(19-16(23)24-5)15(22)20-17(8-6-7-9-17)10-18-14(21)12(3)4/h11-13H,6-10H2,1-5H3,(H,18,21)(H,19,23)(H,20,22)/t13-/m0/s1. The Bertz CT molecular complexity index is 457. The number of alkyl carbamates (subject to hydrolysis) is 1. The molecule has 0 aromatic rings. The highest BCUT2D eigenvalue weighted by Crippen LogP contribution is 2.29. The summed E-state index contributed by atoms with van der Waals surface area (Å²) in [6, 6.07) is -0.671. The molecule has 7 nitrogen and oxygen atoms in total. The van der Waals surface area contributed by atoms with Crippen LogP contribution in [0.25, 0.3) is 0 Å². The molecule has 0 heterocycles. The molecule has 0 spiro atoms. The molecule has 1 fully saturated rings. The Morgan fingerprint density at radius 2 is 1.62 bits per heavy atom. The average molecular weight is 341 g/mol. The predicted octanol–water partition coefficient (Wildman–Crippen LogP) is 1.57. The van der Waals surface area contributed by atoms with Crippen molar-refractivity contribution in [2.24, 2.45) is 11.8 Å². The van der Waals surface area contributed by atoms with Gasteiger partial charge in [-0.15, -0.1) is 0 Å². The minimum atomic E-state index is -0.671. The Morgan fingerprint density at radius 1 is 1.04 bits per heavy atom. The first-order valence-corrected chi connectivity index (χ1v) is 8.65. The molecule has 0 unspecified atom stereocenters. The number of carbonyl (C=O) groups excluding carboxylic acids is 3. The summed E-state index contributed by atoms with van der Waals surface area (Å²) >= 11 is 0. The second kappa shape index (κ2) is 8.89. The van der Waals surface area contributed by atoms with E-state index in [1.807, 2.05) is 27.7 Å². The van der Waals surface area contributed by atoms with Crippen LogP contribution in [0.1, 0.15) is 53.4 Å². The van der Waals surface area contributed by atoms with Crippen LogP contribution in [0.2, 0.25) is 0 Å². The maximum atomic E-state index is 12.7. The van der Waals surface area contributed by atoms with Crippen LogP contribution in [-0.4, -0.2) is 43.1 Å². The number of hydrogen-bond donors (Lipinski definition) is 3. The molecular weight excluding hydrogens is 310 g/mol. The summed E-state index contributed by atoms with van der Waals surface area (Å²) in [6.07, 6.45) is 3.03. The van der Waals surface area contributed by atoms with Gasteiger partial charge in [-0.2, -0.15) is 0 Å². The number of hydrogen-bond acceptors (Lipinski definition) is 4. The fourth-order valence-electron chi connectivity index (χ4n) is 2.92. The molecule has 3 N–H and O–H groups in total. The van der Waals surface area contributed by atoms with Crippen molar-refractivity contribution >= 4 is 17.9 Å². The van der Waals surface area contributed by atoms with Crippen molar-refractivity contribution in [2.45, 2.75) is 65.0 Å². The SMILES string of the molecule is COC(=O)N[C@H](C(=O)NC1(CNC(=O)C(C)C)CCCC1)C(C)C. The minimum absolute atomic E-state index is 0.0244. The van der Waals surface area contributed by atoms with E-state index < -0.39 is 17.7 Å². The molecule has 138 valence electrons. The van der Waals surface area contributed by atoms with Gasteiger partial charge in [0.2, 0.25) is 11.8 Å².